The summed E-state index contributed by atoms with van der Waals surface area (Å²) < 4.78 is 0. The Bertz CT molecular complexity index is 21.0. The van der Waals surface area contributed by atoms with Crippen molar-refractivity contribution in [3.8, 4) is 0 Å². The largest absolute Gasteiger partial charge is 0.0942 e. The molecule has 0 aromatic carbocycles. The Hall–Kier alpha value is 0.700. The molecule has 0 N–H and O–H groups in total. The van der Waals surface area contributed by atoms with Crippen LogP contribution in [-0.2, 0) is 0 Å². The highest BCUT2D eigenvalue weighted by atomic mass is 33.1. The summed E-state index contributed by atoms with van der Waals surface area (Å²) in [6.07, 6.45) is 2.88. The van der Waals surface area contributed by atoms with Crippen molar-refractivity contribution in [2.75, 3.05) is 11.5 Å². The van der Waals surface area contributed by atoms with Crippen molar-refractivity contribution in [2.45, 2.75) is 12.8 Å². The van der Waals surface area contributed by atoms with Gasteiger partial charge in [-0.1, -0.05) is 21.6 Å². The van der Waals surface area contributed by atoms with Gasteiger partial charge >= 0.3 is 0 Å². The molecule has 36 valence electrons. The summed E-state index contributed by atoms with van der Waals surface area (Å²) in [5.74, 6) is 2.76. The molecule has 1 aliphatic heterocycles. The van der Waals surface area contributed by atoms with Gasteiger partial charge in [-0.3, -0.25) is 0 Å². The monoisotopic (exact) mass is 120 g/mol. The molecular weight excluding hydrogens is 112 g/mol. The Kier molecular flexibility index (Phi) is 2.27. The molecule has 0 spiro atoms. The maximum absolute atomic E-state index is 2.01. The van der Waals surface area contributed by atoms with E-state index in [0.29, 0.717) is 0 Å². The van der Waals surface area contributed by atoms with Crippen molar-refractivity contribution in [1.29, 1.82) is 0 Å². The lowest BCUT2D eigenvalue weighted by Gasteiger charge is -2.04. The van der Waals surface area contributed by atoms with Crippen molar-refractivity contribution in [1.82, 2.24) is 0 Å². The molecule has 6 heavy (non-hydrogen) atoms. The Morgan fingerprint density at radius 2 is 1.33 bits per heavy atom. The van der Waals surface area contributed by atoms with E-state index in [1.807, 2.05) is 21.6 Å². The van der Waals surface area contributed by atoms with E-state index in [0.717, 1.165) is 0 Å². The highest BCUT2D eigenvalue weighted by Crippen LogP contribution is 2.28. The van der Waals surface area contributed by atoms with Crippen LogP contribution in [-0.4, -0.2) is 11.5 Å². The lowest BCUT2D eigenvalue weighted by Crippen LogP contribution is -1.86. The molecule has 1 heterocycles. The molecule has 0 radical (unpaired) electrons. The van der Waals surface area contributed by atoms with Gasteiger partial charge in [0.15, 0.2) is 0 Å². The Morgan fingerprint density at radius 1 is 0.833 bits per heavy atom. The maximum atomic E-state index is 2.01. The summed E-state index contributed by atoms with van der Waals surface area (Å²) in [4.78, 5) is 0. The molecule has 0 aliphatic carbocycles. The van der Waals surface area contributed by atoms with Crippen molar-refractivity contribution in [2.24, 2.45) is 0 Å². The predicted octanol–water partition coefficient (Wildman–Crippen LogP) is 2.16. The van der Waals surface area contributed by atoms with Crippen molar-refractivity contribution in [3.63, 3.8) is 0 Å². The summed E-state index contributed by atoms with van der Waals surface area (Å²) in [5, 5.41) is 0. The van der Waals surface area contributed by atoms with E-state index in [-0.39, 0.29) is 0 Å². The summed E-state index contributed by atoms with van der Waals surface area (Å²) in [6, 6.07) is 0. The SMILES string of the molecule is C1CCSSC1. The van der Waals surface area contributed by atoms with Crippen LogP contribution in [0.5, 0.6) is 0 Å². The van der Waals surface area contributed by atoms with Crippen LogP contribution in [0.1, 0.15) is 12.8 Å². The average Bonchev–Trinajstić information content (AvgIpc) is 1.72. The minimum atomic E-state index is 1.38. The first-order chi connectivity index (χ1) is 3.00. The summed E-state index contributed by atoms with van der Waals surface area (Å²) in [7, 11) is 4.02. The topological polar surface area (TPSA) is 0 Å². The standard InChI is InChI=1S/C4H8S2/c1-2-4-6-5-3-1/h1-4H2. The van der Waals surface area contributed by atoms with Crippen molar-refractivity contribution >= 4 is 21.6 Å². The molecule has 0 amide bonds. The van der Waals surface area contributed by atoms with Crippen LogP contribution in [0, 0.1) is 0 Å². The van der Waals surface area contributed by atoms with Crippen LogP contribution < -0.4 is 0 Å². The first-order valence-corrected chi connectivity index (χ1v) is 4.73. The molecule has 1 rings (SSSR count). The minimum Gasteiger partial charge on any atom is -0.0942 e. The zero-order valence-electron chi connectivity index (χ0n) is 3.64. The normalized spacial score (nSPS) is 24.0. The molecule has 0 atom stereocenters. The third kappa shape index (κ3) is 1.43. The van der Waals surface area contributed by atoms with Gasteiger partial charge in [0, 0.05) is 11.5 Å². The molecule has 0 nitrogen and oxygen atoms in total. The van der Waals surface area contributed by atoms with Gasteiger partial charge in [-0.15, -0.1) is 0 Å². The van der Waals surface area contributed by atoms with Gasteiger partial charge in [0.1, 0.15) is 0 Å². The van der Waals surface area contributed by atoms with Gasteiger partial charge in [0.05, 0.1) is 0 Å². The quantitative estimate of drug-likeness (QED) is 0.449. The van der Waals surface area contributed by atoms with Crippen molar-refractivity contribution in [3.05, 3.63) is 0 Å². The van der Waals surface area contributed by atoms with E-state index in [4.69, 9.17) is 0 Å². The highest BCUT2D eigenvalue weighted by Gasteiger charge is 1.96. The van der Waals surface area contributed by atoms with Crippen LogP contribution in [0.2, 0.25) is 0 Å². The highest BCUT2D eigenvalue weighted by molar-refractivity contribution is 8.76. The fraction of sp³-hybridized carbons (Fsp3) is 1.00. The third-order valence-corrected chi connectivity index (χ3v) is 3.37. The number of hydrogen-bond donors (Lipinski definition) is 0. The average molecular weight is 120 g/mol. The van der Waals surface area contributed by atoms with Crippen LogP contribution >= 0.6 is 21.6 Å². The minimum absolute atomic E-state index is 1.38. The van der Waals surface area contributed by atoms with Gasteiger partial charge in [0.25, 0.3) is 0 Å². The molecule has 0 bridgehead atoms. The van der Waals surface area contributed by atoms with E-state index in [1.54, 1.807) is 0 Å². The van der Waals surface area contributed by atoms with E-state index in [2.05, 4.69) is 0 Å². The molecule has 1 aliphatic rings. The van der Waals surface area contributed by atoms with E-state index >= 15 is 0 Å². The van der Waals surface area contributed by atoms with Gasteiger partial charge in [0.2, 0.25) is 0 Å². The predicted molar refractivity (Wildman–Crippen MR) is 34.1 cm³/mol. The first kappa shape index (κ1) is 4.85. The Labute approximate surface area is 46.5 Å². The second kappa shape index (κ2) is 2.80. The van der Waals surface area contributed by atoms with Crippen LogP contribution in [0.25, 0.3) is 0 Å². The van der Waals surface area contributed by atoms with Gasteiger partial charge in [-0.25, -0.2) is 0 Å². The first-order valence-electron chi connectivity index (χ1n) is 2.24. The molecular formula is C4H8S2. The number of hydrogen-bond acceptors (Lipinski definition) is 2. The fourth-order valence-corrected chi connectivity index (χ4v) is 2.73. The van der Waals surface area contributed by atoms with E-state index in [1.165, 1.54) is 24.3 Å². The zero-order chi connectivity index (χ0) is 4.24. The van der Waals surface area contributed by atoms with E-state index in [9.17, 15) is 0 Å². The molecule has 1 fully saturated rings. The third-order valence-electron chi connectivity index (χ3n) is 0.789. The van der Waals surface area contributed by atoms with Crippen LogP contribution in [0.3, 0.4) is 0 Å². The zero-order valence-corrected chi connectivity index (χ0v) is 5.28. The fourth-order valence-electron chi connectivity index (χ4n) is 0.440. The van der Waals surface area contributed by atoms with Crippen LogP contribution in [0.4, 0.5) is 0 Å². The van der Waals surface area contributed by atoms with Gasteiger partial charge in [-0.05, 0) is 12.8 Å². The van der Waals surface area contributed by atoms with Gasteiger partial charge in [-0.2, -0.15) is 0 Å². The Morgan fingerprint density at radius 3 is 1.50 bits per heavy atom. The summed E-state index contributed by atoms with van der Waals surface area (Å²) >= 11 is 0. The maximum Gasteiger partial charge on any atom is 0.00372 e. The molecule has 0 aromatic heterocycles. The summed E-state index contributed by atoms with van der Waals surface area (Å²) in [6.45, 7) is 0. The summed E-state index contributed by atoms with van der Waals surface area (Å²) in [5.41, 5.74) is 0. The second-order valence-corrected chi connectivity index (χ2v) is 4.05. The Balaban J connectivity index is 2.00. The number of rotatable bonds is 0. The van der Waals surface area contributed by atoms with Gasteiger partial charge < -0.3 is 0 Å². The lowest BCUT2D eigenvalue weighted by molar-refractivity contribution is 0.906. The smallest absolute Gasteiger partial charge is 0.00372 e. The molecule has 0 unspecified atom stereocenters. The van der Waals surface area contributed by atoms with Crippen molar-refractivity contribution < 1.29 is 0 Å². The molecule has 2 heteroatoms. The molecule has 0 aromatic rings. The molecule has 1 saturated heterocycles. The second-order valence-electron chi connectivity index (χ2n) is 1.35. The van der Waals surface area contributed by atoms with Crippen LogP contribution in [0.15, 0.2) is 0 Å². The lowest BCUT2D eigenvalue weighted by atomic mass is 10.4. The molecule has 0 saturated carbocycles. The van der Waals surface area contributed by atoms with E-state index < -0.39 is 0 Å².